The first-order chi connectivity index (χ1) is 13.6. The second-order valence-corrected chi connectivity index (χ2v) is 9.16. The number of hydrogen-bond donors (Lipinski definition) is 0. The lowest BCUT2D eigenvalue weighted by Crippen LogP contribution is -2.53. The summed E-state index contributed by atoms with van der Waals surface area (Å²) in [5, 5.41) is 0. The topological polar surface area (TPSA) is 35.5 Å². The molecular formula is C23H41N5. The summed E-state index contributed by atoms with van der Waals surface area (Å²) in [7, 11) is 4.49. The number of unbranched alkanes of at least 4 members (excludes halogenated alkanes) is 4. The fraction of sp³-hybridized carbons (Fsp3) is 0.826. The van der Waals surface area contributed by atoms with Crippen molar-refractivity contribution in [3.8, 4) is 0 Å². The van der Waals surface area contributed by atoms with Crippen LogP contribution in [0.5, 0.6) is 0 Å². The number of fused-ring (bicyclic) bond motifs is 2. The first-order valence-electron chi connectivity index (χ1n) is 11.6. The molecule has 0 amide bonds. The van der Waals surface area contributed by atoms with Crippen LogP contribution in [0.25, 0.3) is 0 Å². The van der Waals surface area contributed by atoms with Gasteiger partial charge in [-0.25, -0.2) is 9.97 Å². The number of piperazine rings is 1. The Kier molecular flexibility index (Phi) is 8.10. The molecule has 3 unspecified atom stereocenters. The van der Waals surface area contributed by atoms with E-state index in [4.69, 9.17) is 9.97 Å². The molecule has 2 saturated heterocycles. The van der Waals surface area contributed by atoms with Crippen molar-refractivity contribution in [2.24, 2.45) is 0 Å². The van der Waals surface area contributed by atoms with Crippen molar-refractivity contribution in [3.63, 3.8) is 0 Å². The second kappa shape index (κ2) is 10.5. The van der Waals surface area contributed by atoms with Crippen LogP contribution in [0.3, 0.4) is 0 Å². The lowest BCUT2D eigenvalue weighted by molar-refractivity contribution is 0.246. The maximum atomic E-state index is 4.73. The molecule has 1 aromatic heterocycles. The quantitative estimate of drug-likeness (QED) is 0.537. The number of aromatic nitrogens is 2. The normalized spacial score (nSPS) is 23.5. The van der Waals surface area contributed by atoms with Gasteiger partial charge in [0.1, 0.15) is 0 Å². The predicted octanol–water partition coefficient (Wildman–Crippen LogP) is 3.98. The Morgan fingerprint density at radius 3 is 2.29 bits per heavy atom. The standard InChI is InChI=1S/C23H41N5/c1-5-19(2)27(4)14-10-8-6-7-9-11-20-15-24-23(25-16-20)28-21-12-13-22(28)18-26(3)17-21/h15-16,19,21-22H,5-14,17-18H2,1-4H3. The molecule has 0 aromatic carbocycles. The lowest BCUT2D eigenvalue weighted by Gasteiger charge is -2.39. The molecule has 28 heavy (non-hydrogen) atoms. The Balaban J connectivity index is 1.32. The third kappa shape index (κ3) is 5.66. The number of hydrogen-bond acceptors (Lipinski definition) is 5. The van der Waals surface area contributed by atoms with E-state index in [0.717, 1.165) is 25.5 Å². The van der Waals surface area contributed by atoms with Crippen molar-refractivity contribution in [1.82, 2.24) is 19.8 Å². The summed E-state index contributed by atoms with van der Waals surface area (Å²) < 4.78 is 0. The molecule has 2 bridgehead atoms. The van der Waals surface area contributed by atoms with Gasteiger partial charge in [0, 0.05) is 43.6 Å². The van der Waals surface area contributed by atoms with Gasteiger partial charge in [0.2, 0.25) is 5.95 Å². The first-order valence-corrected chi connectivity index (χ1v) is 11.6. The zero-order valence-corrected chi connectivity index (χ0v) is 18.6. The fourth-order valence-electron chi connectivity index (χ4n) is 4.80. The van der Waals surface area contributed by atoms with Gasteiger partial charge in [-0.2, -0.15) is 0 Å². The largest absolute Gasteiger partial charge is 0.332 e. The Labute approximate surface area is 172 Å². The third-order valence-corrected chi connectivity index (χ3v) is 6.91. The minimum Gasteiger partial charge on any atom is -0.332 e. The molecular weight excluding hydrogens is 346 g/mol. The van der Waals surface area contributed by atoms with Gasteiger partial charge in [-0.1, -0.05) is 26.2 Å². The molecule has 2 fully saturated rings. The number of anilines is 1. The van der Waals surface area contributed by atoms with Gasteiger partial charge in [0.15, 0.2) is 0 Å². The highest BCUT2D eigenvalue weighted by atomic mass is 15.4. The highest BCUT2D eigenvalue weighted by molar-refractivity contribution is 5.37. The second-order valence-electron chi connectivity index (χ2n) is 9.16. The molecule has 3 rings (SSSR count). The van der Waals surface area contributed by atoms with E-state index in [0.29, 0.717) is 18.1 Å². The first kappa shape index (κ1) is 21.5. The lowest BCUT2D eigenvalue weighted by atomic mass is 10.1. The molecule has 3 atom stereocenters. The fourth-order valence-corrected chi connectivity index (χ4v) is 4.80. The number of rotatable bonds is 11. The molecule has 3 heterocycles. The summed E-state index contributed by atoms with van der Waals surface area (Å²) in [5.74, 6) is 0.953. The zero-order valence-electron chi connectivity index (χ0n) is 18.6. The molecule has 5 nitrogen and oxygen atoms in total. The van der Waals surface area contributed by atoms with Gasteiger partial charge in [0.05, 0.1) is 0 Å². The van der Waals surface area contributed by atoms with Crippen LogP contribution < -0.4 is 4.90 Å². The average molecular weight is 388 g/mol. The van der Waals surface area contributed by atoms with E-state index < -0.39 is 0 Å². The van der Waals surface area contributed by atoms with Crippen LogP contribution in [0.15, 0.2) is 12.4 Å². The van der Waals surface area contributed by atoms with E-state index in [1.165, 1.54) is 63.5 Å². The molecule has 0 aliphatic carbocycles. The number of aryl methyl sites for hydroxylation is 1. The summed E-state index contributed by atoms with van der Waals surface area (Å²) in [5.41, 5.74) is 1.29. The summed E-state index contributed by atoms with van der Waals surface area (Å²) in [6.07, 6.45) is 15.7. The summed E-state index contributed by atoms with van der Waals surface area (Å²) >= 11 is 0. The molecule has 0 saturated carbocycles. The summed E-state index contributed by atoms with van der Waals surface area (Å²) in [4.78, 5) is 16.9. The van der Waals surface area contributed by atoms with E-state index >= 15 is 0 Å². The van der Waals surface area contributed by atoms with Crippen molar-refractivity contribution >= 4 is 5.95 Å². The van der Waals surface area contributed by atoms with E-state index in [9.17, 15) is 0 Å². The van der Waals surface area contributed by atoms with Crippen LogP contribution in [0, 0.1) is 0 Å². The molecule has 5 heteroatoms. The van der Waals surface area contributed by atoms with Crippen LogP contribution in [0.1, 0.15) is 70.8 Å². The number of likely N-dealkylation sites (tertiary alicyclic amines) is 1. The van der Waals surface area contributed by atoms with Crippen molar-refractivity contribution in [2.45, 2.75) is 89.8 Å². The third-order valence-electron chi connectivity index (χ3n) is 6.91. The Morgan fingerprint density at radius 2 is 1.64 bits per heavy atom. The van der Waals surface area contributed by atoms with E-state index in [2.05, 4.69) is 55.0 Å². The smallest absolute Gasteiger partial charge is 0.225 e. The van der Waals surface area contributed by atoms with Crippen molar-refractivity contribution in [1.29, 1.82) is 0 Å². The Hall–Kier alpha value is -1.20. The van der Waals surface area contributed by atoms with Gasteiger partial charge < -0.3 is 14.7 Å². The van der Waals surface area contributed by atoms with E-state index in [1.54, 1.807) is 0 Å². The van der Waals surface area contributed by atoms with Gasteiger partial charge in [-0.05, 0) is 71.7 Å². The van der Waals surface area contributed by atoms with Gasteiger partial charge in [0.25, 0.3) is 0 Å². The molecule has 2 aliphatic heterocycles. The van der Waals surface area contributed by atoms with Gasteiger partial charge >= 0.3 is 0 Å². The van der Waals surface area contributed by atoms with Crippen LogP contribution >= 0.6 is 0 Å². The SMILES string of the molecule is CCC(C)N(C)CCCCCCCc1cnc(N2C3CCC2CN(C)C3)nc1. The minimum absolute atomic E-state index is 0.606. The van der Waals surface area contributed by atoms with Crippen LogP contribution in [-0.2, 0) is 6.42 Å². The van der Waals surface area contributed by atoms with E-state index in [-0.39, 0.29) is 0 Å². The molecule has 1 aromatic rings. The zero-order chi connectivity index (χ0) is 19.9. The summed E-state index contributed by atoms with van der Waals surface area (Å²) in [6, 6.07) is 1.92. The minimum atomic E-state index is 0.606. The van der Waals surface area contributed by atoms with Crippen LogP contribution in [0.2, 0.25) is 0 Å². The van der Waals surface area contributed by atoms with Gasteiger partial charge in [-0.3, -0.25) is 0 Å². The molecule has 0 N–H and O–H groups in total. The molecule has 158 valence electrons. The molecule has 0 radical (unpaired) electrons. The Bertz CT molecular complexity index is 561. The van der Waals surface area contributed by atoms with Crippen LogP contribution in [-0.4, -0.2) is 71.6 Å². The van der Waals surface area contributed by atoms with Gasteiger partial charge in [-0.15, -0.1) is 0 Å². The highest BCUT2D eigenvalue weighted by Gasteiger charge is 2.39. The maximum absolute atomic E-state index is 4.73. The predicted molar refractivity (Wildman–Crippen MR) is 118 cm³/mol. The molecule has 0 spiro atoms. The number of likely N-dealkylation sites (N-methyl/N-ethyl adjacent to an activating group) is 1. The number of nitrogens with zero attached hydrogens (tertiary/aromatic N) is 5. The van der Waals surface area contributed by atoms with Crippen LogP contribution in [0.4, 0.5) is 5.95 Å². The molecule has 2 aliphatic rings. The Morgan fingerprint density at radius 1 is 1.04 bits per heavy atom. The average Bonchev–Trinajstić information content (AvgIpc) is 2.97. The van der Waals surface area contributed by atoms with Crippen molar-refractivity contribution in [3.05, 3.63) is 18.0 Å². The highest BCUT2D eigenvalue weighted by Crippen LogP contribution is 2.32. The van der Waals surface area contributed by atoms with Crippen molar-refractivity contribution < 1.29 is 0 Å². The van der Waals surface area contributed by atoms with Crippen molar-refractivity contribution in [2.75, 3.05) is 38.6 Å². The monoisotopic (exact) mass is 387 g/mol. The van der Waals surface area contributed by atoms with E-state index in [1.807, 2.05) is 0 Å². The summed E-state index contributed by atoms with van der Waals surface area (Å²) in [6.45, 7) is 8.12. The maximum Gasteiger partial charge on any atom is 0.225 e.